The lowest BCUT2D eigenvalue weighted by atomic mass is 10.1. The van der Waals surface area contributed by atoms with E-state index in [1.54, 1.807) is 11.6 Å². The first-order chi connectivity index (χ1) is 11.7. The first-order valence-corrected chi connectivity index (χ1v) is 8.18. The molecule has 0 aliphatic heterocycles. The minimum Gasteiger partial charge on any atom is -0.364 e. The van der Waals surface area contributed by atoms with Crippen LogP contribution in [0.25, 0.3) is 0 Å². The zero-order chi connectivity index (χ0) is 17.6. The minimum atomic E-state index is -0.524. The van der Waals surface area contributed by atoms with E-state index >= 15 is 0 Å². The van der Waals surface area contributed by atoms with Gasteiger partial charge in [0.25, 0.3) is 5.91 Å². The molecule has 0 heterocycles. The van der Waals surface area contributed by atoms with Crippen LogP contribution < -0.4 is 10.8 Å². The third-order valence-corrected chi connectivity index (χ3v) is 3.49. The predicted molar refractivity (Wildman–Crippen MR) is 92.6 cm³/mol. The van der Waals surface area contributed by atoms with Crippen molar-refractivity contribution in [1.29, 1.82) is 0 Å². The highest BCUT2D eigenvalue weighted by atomic mass is 16.5. The molecule has 1 rings (SSSR count). The Balaban J connectivity index is 2.34. The lowest BCUT2D eigenvalue weighted by molar-refractivity contribution is -0.129. The molecule has 1 aromatic carbocycles. The molecule has 1 atom stereocenters. The van der Waals surface area contributed by atoms with E-state index in [9.17, 15) is 9.59 Å². The maximum Gasteiger partial charge on any atom is 0.253 e. The molecule has 0 saturated heterocycles. The van der Waals surface area contributed by atoms with Crippen molar-refractivity contribution in [1.82, 2.24) is 5.48 Å². The van der Waals surface area contributed by atoms with Crippen molar-refractivity contribution in [2.24, 2.45) is 0 Å². The number of para-hydroxylation sites is 1. The monoisotopic (exact) mass is 334 g/mol. The van der Waals surface area contributed by atoms with Crippen molar-refractivity contribution in [2.75, 3.05) is 11.9 Å². The van der Waals surface area contributed by atoms with Crippen LogP contribution in [0.15, 0.2) is 43.0 Å². The number of anilines is 1. The van der Waals surface area contributed by atoms with E-state index < -0.39 is 6.10 Å². The van der Waals surface area contributed by atoms with Gasteiger partial charge in [-0.15, -0.1) is 6.58 Å². The van der Waals surface area contributed by atoms with E-state index in [1.165, 1.54) is 0 Å². The van der Waals surface area contributed by atoms with Crippen molar-refractivity contribution in [2.45, 2.75) is 44.6 Å². The summed E-state index contributed by atoms with van der Waals surface area (Å²) in [7, 11) is 0. The smallest absolute Gasteiger partial charge is 0.253 e. The molecule has 0 fully saturated rings. The van der Waals surface area contributed by atoms with Gasteiger partial charge in [-0.3, -0.25) is 14.8 Å². The Bertz CT molecular complexity index is 505. The van der Waals surface area contributed by atoms with Gasteiger partial charge in [-0.2, -0.15) is 0 Å². The summed E-state index contributed by atoms with van der Waals surface area (Å²) < 4.78 is 5.56. The van der Waals surface area contributed by atoms with Crippen LogP contribution in [0.5, 0.6) is 0 Å². The molecule has 1 aromatic rings. The van der Waals surface area contributed by atoms with E-state index in [1.807, 2.05) is 30.3 Å². The van der Waals surface area contributed by atoms with Gasteiger partial charge in [0.2, 0.25) is 5.91 Å². The average Bonchev–Trinajstić information content (AvgIpc) is 2.60. The van der Waals surface area contributed by atoms with Crippen LogP contribution in [-0.2, 0) is 14.3 Å². The highest BCUT2D eigenvalue weighted by molar-refractivity contribution is 5.94. The number of ether oxygens (including phenoxy) is 1. The molecule has 6 nitrogen and oxygen atoms in total. The number of hydrogen-bond donors (Lipinski definition) is 3. The minimum absolute atomic E-state index is 0.164. The van der Waals surface area contributed by atoms with Gasteiger partial charge in [0.1, 0.15) is 6.10 Å². The molecule has 0 aromatic heterocycles. The van der Waals surface area contributed by atoms with Crippen molar-refractivity contribution >= 4 is 17.5 Å². The Labute approximate surface area is 142 Å². The summed E-state index contributed by atoms with van der Waals surface area (Å²) in [4.78, 5) is 23.2. The number of carbonyl (C=O) groups excluding carboxylic acids is 2. The molecule has 0 aliphatic carbocycles. The third kappa shape index (κ3) is 8.45. The average molecular weight is 334 g/mol. The van der Waals surface area contributed by atoms with E-state index in [4.69, 9.17) is 9.94 Å². The van der Waals surface area contributed by atoms with Crippen molar-refractivity contribution < 1.29 is 19.5 Å². The number of carbonyl (C=O) groups is 2. The van der Waals surface area contributed by atoms with Crippen LogP contribution in [0.2, 0.25) is 0 Å². The highest BCUT2D eigenvalue weighted by Crippen LogP contribution is 2.13. The van der Waals surface area contributed by atoms with Crippen LogP contribution in [-0.4, -0.2) is 29.7 Å². The Hall–Kier alpha value is -2.18. The summed E-state index contributed by atoms with van der Waals surface area (Å²) in [5.41, 5.74) is 2.35. The molecular formula is C18H26N2O4. The maximum absolute atomic E-state index is 12.3. The van der Waals surface area contributed by atoms with Gasteiger partial charge in [0.05, 0.1) is 6.61 Å². The van der Waals surface area contributed by atoms with Crippen LogP contribution >= 0.6 is 0 Å². The van der Waals surface area contributed by atoms with Gasteiger partial charge in [0, 0.05) is 12.1 Å². The lowest BCUT2D eigenvalue weighted by Gasteiger charge is -2.17. The predicted octanol–water partition coefficient (Wildman–Crippen LogP) is 3.04. The van der Waals surface area contributed by atoms with E-state index in [-0.39, 0.29) is 11.8 Å². The summed E-state index contributed by atoms with van der Waals surface area (Å²) in [6.45, 7) is 3.93. The summed E-state index contributed by atoms with van der Waals surface area (Å²) >= 11 is 0. The second-order valence-corrected chi connectivity index (χ2v) is 5.45. The Morgan fingerprint density at radius 2 is 1.88 bits per heavy atom. The van der Waals surface area contributed by atoms with E-state index in [2.05, 4.69) is 11.9 Å². The number of amides is 2. The van der Waals surface area contributed by atoms with Gasteiger partial charge in [-0.25, -0.2) is 5.48 Å². The van der Waals surface area contributed by atoms with Crippen LogP contribution in [0, 0.1) is 0 Å². The molecule has 0 radical (unpaired) electrons. The Morgan fingerprint density at radius 1 is 1.17 bits per heavy atom. The fourth-order valence-corrected chi connectivity index (χ4v) is 2.24. The van der Waals surface area contributed by atoms with Gasteiger partial charge < -0.3 is 10.1 Å². The number of hydroxylamine groups is 1. The van der Waals surface area contributed by atoms with Crippen LogP contribution in [0.1, 0.15) is 38.5 Å². The van der Waals surface area contributed by atoms with E-state index in [0.717, 1.165) is 24.9 Å². The fraction of sp³-hybridized carbons (Fsp3) is 0.444. The summed E-state index contributed by atoms with van der Waals surface area (Å²) in [5, 5.41) is 11.3. The fourth-order valence-electron chi connectivity index (χ4n) is 2.24. The van der Waals surface area contributed by atoms with Gasteiger partial charge in [-0.1, -0.05) is 43.5 Å². The Morgan fingerprint density at radius 3 is 2.54 bits per heavy atom. The molecule has 6 heteroatoms. The second kappa shape index (κ2) is 12.3. The van der Waals surface area contributed by atoms with Gasteiger partial charge >= 0.3 is 0 Å². The molecule has 3 N–H and O–H groups in total. The lowest BCUT2D eigenvalue weighted by Crippen LogP contribution is -2.30. The number of rotatable bonds is 12. The standard InChI is InChI=1S/C18H26N2O4/c1-2-14-24-16(12-8-3-4-9-13-17(21)20-23)18(22)19-15-10-6-5-7-11-15/h2,5-7,10-11,16,23H,1,3-4,8-9,12-14H2,(H,19,22)(H,20,21). The summed E-state index contributed by atoms with van der Waals surface area (Å²) in [6.07, 6.45) is 5.30. The van der Waals surface area contributed by atoms with Gasteiger partial charge in [0.15, 0.2) is 0 Å². The highest BCUT2D eigenvalue weighted by Gasteiger charge is 2.18. The zero-order valence-corrected chi connectivity index (χ0v) is 13.9. The zero-order valence-electron chi connectivity index (χ0n) is 13.9. The number of nitrogens with one attached hydrogen (secondary N) is 2. The summed E-state index contributed by atoms with van der Waals surface area (Å²) in [5.74, 6) is -0.535. The molecule has 0 bridgehead atoms. The van der Waals surface area contributed by atoms with Crippen molar-refractivity contribution in [3.63, 3.8) is 0 Å². The molecule has 0 spiro atoms. The number of hydrogen-bond acceptors (Lipinski definition) is 4. The second-order valence-electron chi connectivity index (χ2n) is 5.45. The van der Waals surface area contributed by atoms with Crippen molar-refractivity contribution in [3.8, 4) is 0 Å². The van der Waals surface area contributed by atoms with Gasteiger partial charge in [-0.05, 0) is 25.0 Å². The largest absolute Gasteiger partial charge is 0.364 e. The SMILES string of the molecule is C=CCOC(CCCCCCC(=O)NO)C(=O)Nc1ccccc1. The molecule has 132 valence electrons. The molecule has 0 aliphatic rings. The maximum atomic E-state index is 12.3. The molecule has 24 heavy (non-hydrogen) atoms. The molecule has 2 amide bonds. The topological polar surface area (TPSA) is 87.7 Å². The molecule has 0 saturated carbocycles. The van der Waals surface area contributed by atoms with Crippen molar-refractivity contribution in [3.05, 3.63) is 43.0 Å². The first kappa shape index (κ1) is 19.9. The Kier molecular flexibility index (Phi) is 10.2. The third-order valence-electron chi connectivity index (χ3n) is 3.49. The first-order valence-electron chi connectivity index (χ1n) is 8.18. The number of benzene rings is 1. The van der Waals surface area contributed by atoms with Crippen LogP contribution in [0.4, 0.5) is 5.69 Å². The summed E-state index contributed by atoms with van der Waals surface area (Å²) in [6, 6.07) is 9.26. The molecule has 1 unspecified atom stereocenters. The normalized spacial score (nSPS) is 11.5. The van der Waals surface area contributed by atoms with E-state index in [0.29, 0.717) is 25.9 Å². The number of unbranched alkanes of at least 4 members (excludes halogenated alkanes) is 3. The molecular weight excluding hydrogens is 308 g/mol. The van der Waals surface area contributed by atoms with Crippen LogP contribution in [0.3, 0.4) is 0 Å². The quantitative estimate of drug-likeness (QED) is 0.237.